The van der Waals surface area contributed by atoms with Crippen LogP contribution in [0.3, 0.4) is 0 Å². The molecule has 0 N–H and O–H groups in total. The average Bonchev–Trinajstić information content (AvgIpc) is 2.16. The number of nitrogens with zero attached hydrogens (tertiary/aromatic N) is 3. The summed E-state index contributed by atoms with van der Waals surface area (Å²) in [6.45, 7) is 2.88. The molecule has 1 aromatic heterocycles. The first-order valence-electron chi connectivity index (χ1n) is 3.85. The zero-order valence-corrected chi connectivity index (χ0v) is 7.28. The second-order valence-corrected chi connectivity index (χ2v) is 2.50. The van der Waals surface area contributed by atoms with E-state index < -0.39 is 0 Å². The van der Waals surface area contributed by atoms with Gasteiger partial charge in [-0.2, -0.15) is 5.26 Å². The van der Waals surface area contributed by atoms with Crippen LogP contribution in [0.1, 0.15) is 12.5 Å². The number of hydrogen-bond acceptors (Lipinski definition) is 3. The van der Waals surface area contributed by atoms with Gasteiger partial charge in [0.05, 0.1) is 5.56 Å². The van der Waals surface area contributed by atoms with Gasteiger partial charge in [0, 0.05) is 19.8 Å². The molecule has 0 aliphatic heterocycles. The molecule has 0 aliphatic rings. The molecule has 0 fully saturated rings. The van der Waals surface area contributed by atoms with Crippen LogP contribution in [-0.4, -0.2) is 18.6 Å². The van der Waals surface area contributed by atoms with Crippen molar-refractivity contribution in [1.29, 1.82) is 5.26 Å². The van der Waals surface area contributed by atoms with E-state index in [-0.39, 0.29) is 0 Å². The van der Waals surface area contributed by atoms with Gasteiger partial charge in [0.2, 0.25) is 0 Å². The van der Waals surface area contributed by atoms with Crippen molar-refractivity contribution in [3.63, 3.8) is 0 Å². The lowest BCUT2D eigenvalue weighted by molar-refractivity contribution is 0.935. The summed E-state index contributed by atoms with van der Waals surface area (Å²) in [5.41, 5.74) is 0.627. The van der Waals surface area contributed by atoms with Crippen LogP contribution >= 0.6 is 0 Å². The maximum absolute atomic E-state index is 8.75. The average molecular weight is 161 g/mol. The molecule has 0 spiro atoms. The third kappa shape index (κ3) is 1.54. The molecule has 12 heavy (non-hydrogen) atoms. The zero-order chi connectivity index (χ0) is 8.97. The normalized spacial score (nSPS) is 9.08. The van der Waals surface area contributed by atoms with E-state index in [0.717, 1.165) is 12.4 Å². The van der Waals surface area contributed by atoms with Gasteiger partial charge in [0.15, 0.2) is 0 Å². The molecule has 0 saturated heterocycles. The molecule has 1 aromatic rings. The number of pyridine rings is 1. The lowest BCUT2D eigenvalue weighted by Crippen LogP contribution is -2.18. The van der Waals surface area contributed by atoms with Gasteiger partial charge in [-0.1, -0.05) is 0 Å². The van der Waals surface area contributed by atoms with Crippen LogP contribution in [0.15, 0.2) is 18.3 Å². The molecule has 0 aromatic carbocycles. The summed E-state index contributed by atoms with van der Waals surface area (Å²) in [6, 6.07) is 5.65. The summed E-state index contributed by atoms with van der Waals surface area (Å²) in [5, 5.41) is 8.75. The van der Waals surface area contributed by atoms with Gasteiger partial charge in [-0.3, -0.25) is 0 Å². The SMILES string of the molecule is CCN(C)c1ncccc1C#N. The standard InChI is InChI=1S/C9H11N3/c1-3-12(2)9-8(7-10)5-4-6-11-9/h4-6H,3H2,1-2H3. The van der Waals surface area contributed by atoms with E-state index in [0.29, 0.717) is 5.56 Å². The fraction of sp³-hybridized carbons (Fsp3) is 0.333. The molecule has 0 bridgehead atoms. The topological polar surface area (TPSA) is 39.9 Å². The molecular weight excluding hydrogens is 150 g/mol. The van der Waals surface area contributed by atoms with Gasteiger partial charge in [-0.15, -0.1) is 0 Å². The molecular formula is C9H11N3. The first-order chi connectivity index (χ1) is 5.79. The molecule has 0 unspecified atom stereocenters. The Labute approximate surface area is 72.3 Å². The van der Waals surface area contributed by atoms with Crippen molar-refractivity contribution < 1.29 is 0 Å². The monoisotopic (exact) mass is 161 g/mol. The van der Waals surface area contributed by atoms with Crippen molar-refractivity contribution in [1.82, 2.24) is 4.98 Å². The predicted molar refractivity (Wildman–Crippen MR) is 47.9 cm³/mol. The van der Waals surface area contributed by atoms with Gasteiger partial charge in [0.1, 0.15) is 11.9 Å². The molecule has 0 saturated carbocycles. The Hall–Kier alpha value is -1.56. The Morgan fingerprint density at radius 3 is 3.00 bits per heavy atom. The van der Waals surface area contributed by atoms with Crippen LogP contribution in [0.5, 0.6) is 0 Å². The van der Waals surface area contributed by atoms with Gasteiger partial charge in [-0.05, 0) is 19.1 Å². The third-order valence-corrected chi connectivity index (χ3v) is 1.74. The Morgan fingerprint density at radius 1 is 1.67 bits per heavy atom. The molecule has 1 rings (SSSR count). The first kappa shape index (κ1) is 8.54. The zero-order valence-electron chi connectivity index (χ0n) is 7.28. The minimum absolute atomic E-state index is 0.627. The van der Waals surface area contributed by atoms with Crippen molar-refractivity contribution in [2.45, 2.75) is 6.92 Å². The maximum Gasteiger partial charge on any atom is 0.146 e. The van der Waals surface area contributed by atoms with Crippen molar-refractivity contribution in [2.24, 2.45) is 0 Å². The second kappa shape index (κ2) is 3.72. The van der Waals surface area contributed by atoms with Crippen LogP contribution in [0.4, 0.5) is 5.82 Å². The Kier molecular flexibility index (Phi) is 2.65. The second-order valence-electron chi connectivity index (χ2n) is 2.50. The minimum atomic E-state index is 0.627. The van der Waals surface area contributed by atoms with Crippen molar-refractivity contribution in [3.05, 3.63) is 23.9 Å². The van der Waals surface area contributed by atoms with E-state index in [2.05, 4.69) is 11.1 Å². The van der Waals surface area contributed by atoms with Crippen molar-refractivity contribution >= 4 is 5.82 Å². The molecule has 0 atom stereocenters. The summed E-state index contributed by atoms with van der Waals surface area (Å²) < 4.78 is 0. The van der Waals surface area contributed by atoms with E-state index >= 15 is 0 Å². The largest absolute Gasteiger partial charge is 0.359 e. The summed E-state index contributed by atoms with van der Waals surface area (Å²) >= 11 is 0. The Morgan fingerprint density at radius 2 is 2.42 bits per heavy atom. The van der Waals surface area contributed by atoms with Gasteiger partial charge >= 0.3 is 0 Å². The quantitative estimate of drug-likeness (QED) is 0.658. The van der Waals surface area contributed by atoms with Gasteiger partial charge in [-0.25, -0.2) is 4.98 Å². The van der Waals surface area contributed by atoms with E-state index in [1.165, 1.54) is 0 Å². The number of rotatable bonds is 2. The summed E-state index contributed by atoms with van der Waals surface area (Å²) in [4.78, 5) is 6.07. The number of hydrogen-bond donors (Lipinski definition) is 0. The highest BCUT2D eigenvalue weighted by Crippen LogP contribution is 2.13. The maximum atomic E-state index is 8.75. The predicted octanol–water partition coefficient (Wildman–Crippen LogP) is 1.41. The smallest absolute Gasteiger partial charge is 0.146 e. The van der Waals surface area contributed by atoms with Crippen LogP contribution < -0.4 is 4.90 Å². The molecule has 62 valence electrons. The van der Waals surface area contributed by atoms with E-state index in [1.54, 1.807) is 18.3 Å². The Balaban J connectivity index is 3.07. The molecule has 0 amide bonds. The summed E-state index contributed by atoms with van der Waals surface area (Å²) in [7, 11) is 1.92. The van der Waals surface area contributed by atoms with Gasteiger partial charge < -0.3 is 4.90 Å². The van der Waals surface area contributed by atoms with Crippen LogP contribution in [0.2, 0.25) is 0 Å². The highest BCUT2D eigenvalue weighted by atomic mass is 15.2. The molecule has 3 heteroatoms. The fourth-order valence-electron chi connectivity index (χ4n) is 0.938. The lowest BCUT2D eigenvalue weighted by atomic mass is 10.2. The van der Waals surface area contributed by atoms with Crippen molar-refractivity contribution in [3.8, 4) is 6.07 Å². The Bertz CT molecular complexity index is 301. The summed E-state index contributed by atoms with van der Waals surface area (Å²) in [5.74, 6) is 0.752. The highest BCUT2D eigenvalue weighted by Gasteiger charge is 2.04. The van der Waals surface area contributed by atoms with Crippen LogP contribution in [0.25, 0.3) is 0 Å². The number of aromatic nitrogens is 1. The fourth-order valence-corrected chi connectivity index (χ4v) is 0.938. The van der Waals surface area contributed by atoms with E-state index in [4.69, 9.17) is 5.26 Å². The summed E-state index contributed by atoms with van der Waals surface area (Å²) in [6.07, 6.45) is 1.70. The van der Waals surface area contributed by atoms with Crippen LogP contribution in [-0.2, 0) is 0 Å². The van der Waals surface area contributed by atoms with E-state index in [9.17, 15) is 0 Å². The molecule has 1 heterocycles. The third-order valence-electron chi connectivity index (χ3n) is 1.74. The first-order valence-corrected chi connectivity index (χ1v) is 3.85. The van der Waals surface area contributed by atoms with E-state index in [1.807, 2.05) is 18.9 Å². The number of anilines is 1. The minimum Gasteiger partial charge on any atom is -0.359 e. The van der Waals surface area contributed by atoms with Gasteiger partial charge in [0.25, 0.3) is 0 Å². The van der Waals surface area contributed by atoms with Crippen LogP contribution in [0, 0.1) is 11.3 Å². The molecule has 0 aliphatic carbocycles. The lowest BCUT2D eigenvalue weighted by Gasteiger charge is -2.15. The molecule has 0 radical (unpaired) electrons. The number of nitriles is 1. The highest BCUT2D eigenvalue weighted by molar-refractivity contribution is 5.52. The van der Waals surface area contributed by atoms with Crippen molar-refractivity contribution in [2.75, 3.05) is 18.5 Å². The molecule has 3 nitrogen and oxygen atoms in total.